The van der Waals surface area contributed by atoms with Gasteiger partial charge < -0.3 is 25.3 Å². The standard InChI is InChI=1S/C32H27ClN2O5.ClH/c1-38-30-24-10-5-4-7-20(24)11-13-25(30)32(37)40-29-19-23(33)12-14-27(29)35-31(36)26-17-21-8-2-3-9-22(21)18-28(26)39-16-6-15-34;/h2-5,7-14,17-19H,6,15-16,34H2,1H3,(H,35,36);1H. The predicted octanol–water partition coefficient (Wildman–Crippen LogP) is 7.28. The molecule has 0 saturated carbocycles. The van der Waals surface area contributed by atoms with E-state index in [9.17, 15) is 9.59 Å². The maximum absolute atomic E-state index is 13.5. The number of ether oxygens (including phenoxy) is 3. The molecule has 0 heterocycles. The van der Waals surface area contributed by atoms with E-state index in [1.807, 2.05) is 60.7 Å². The summed E-state index contributed by atoms with van der Waals surface area (Å²) in [6.45, 7) is 0.836. The highest BCUT2D eigenvalue weighted by atomic mass is 35.5. The van der Waals surface area contributed by atoms with Gasteiger partial charge in [0, 0.05) is 16.5 Å². The summed E-state index contributed by atoms with van der Waals surface area (Å²) in [7, 11) is 1.50. The van der Waals surface area contributed by atoms with E-state index in [1.54, 1.807) is 24.3 Å². The molecule has 5 rings (SSSR count). The number of nitrogens with two attached hydrogens (primary N) is 1. The van der Waals surface area contributed by atoms with Crippen LogP contribution in [0.3, 0.4) is 0 Å². The number of anilines is 1. The first kappa shape index (κ1) is 29.7. The van der Waals surface area contributed by atoms with Gasteiger partial charge in [-0.05, 0) is 59.5 Å². The van der Waals surface area contributed by atoms with Crippen LogP contribution in [0.25, 0.3) is 21.5 Å². The quantitative estimate of drug-likeness (QED) is 0.106. The summed E-state index contributed by atoms with van der Waals surface area (Å²) in [4.78, 5) is 26.9. The Bertz CT molecular complexity index is 1720. The van der Waals surface area contributed by atoms with Crippen molar-refractivity contribution < 1.29 is 23.8 Å². The Labute approximate surface area is 248 Å². The minimum Gasteiger partial charge on any atom is -0.495 e. The van der Waals surface area contributed by atoms with Gasteiger partial charge in [0.15, 0.2) is 5.75 Å². The second-order valence-corrected chi connectivity index (χ2v) is 9.47. The molecule has 0 spiro atoms. The van der Waals surface area contributed by atoms with Crippen LogP contribution in [0, 0.1) is 0 Å². The first-order valence-corrected chi connectivity index (χ1v) is 13.1. The molecule has 0 aliphatic carbocycles. The van der Waals surface area contributed by atoms with Crippen LogP contribution in [0.15, 0.2) is 91.0 Å². The third-order valence-corrected chi connectivity index (χ3v) is 6.63. The van der Waals surface area contributed by atoms with E-state index in [1.165, 1.54) is 13.2 Å². The third-order valence-electron chi connectivity index (χ3n) is 6.40. The molecule has 41 heavy (non-hydrogen) atoms. The van der Waals surface area contributed by atoms with Crippen molar-refractivity contribution in [2.24, 2.45) is 5.73 Å². The number of rotatable bonds is 9. The zero-order chi connectivity index (χ0) is 28.1. The van der Waals surface area contributed by atoms with Gasteiger partial charge in [0.05, 0.1) is 25.0 Å². The molecule has 1 amide bonds. The zero-order valence-electron chi connectivity index (χ0n) is 22.2. The van der Waals surface area contributed by atoms with E-state index in [0.29, 0.717) is 41.7 Å². The Hall–Kier alpha value is -4.30. The van der Waals surface area contributed by atoms with Gasteiger partial charge in [-0.1, -0.05) is 66.2 Å². The van der Waals surface area contributed by atoms with Gasteiger partial charge in [0.1, 0.15) is 17.1 Å². The highest BCUT2D eigenvalue weighted by Crippen LogP contribution is 2.34. The monoisotopic (exact) mass is 590 g/mol. The summed E-state index contributed by atoms with van der Waals surface area (Å²) in [5.74, 6) is -0.176. The van der Waals surface area contributed by atoms with Crippen molar-refractivity contribution in [3.05, 3.63) is 107 Å². The molecular formula is C32H28Cl2N2O5. The van der Waals surface area contributed by atoms with Gasteiger partial charge in [-0.2, -0.15) is 0 Å². The fourth-order valence-electron chi connectivity index (χ4n) is 4.43. The van der Waals surface area contributed by atoms with Crippen molar-refractivity contribution >= 4 is 63.1 Å². The summed E-state index contributed by atoms with van der Waals surface area (Å²) >= 11 is 6.24. The SMILES string of the molecule is COc1c(C(=O)Oc2cc(Cl)ccc2NC(=O)c2cc3ccccc3cc2OCCCN)ccc2ccccc12.Cl. The number of nitrogens with one attached hydrogen (secondary N) is 1. The molecule has 210 valence electrons. The van der Waals surface area contributed by atoms with Crippen LogP contribution in [0.4, 0.5) is 5.69 Å². The molecule has 9 heteroatoms. The lowest BCUT2D eigenvalue weighted by atomic mass is 10.0. The summed E-state index contributed by atoms with van der Waals surface area (Å²) < 4.78 is 17.2. The molecule has 0 aliphatic heterocycles. The lowest BCUT2D eigenvalue weighted by molar-refractivity contribution is 0.0731. The maximum Gasteiger partial charge on any atom is 0.347 e. The van der Waals surface area contributed by atoms with Gasteiger partial charge in [-0.3, -0.25) is 4.79 Å². The van der Waals surface area contributed by atoms with Crippen LogP contribution >= 0.6 is 24.0 Å². The second-order valence-electron chi connectivity index (χ2n) is 9.04. The second kappa shape index (κ2) is 13.4. The molecule has 7 nitrogen and oxygen atoms in total. The highest BCUT2D eigenvalue weighted by Gasteiger charge is 2.21. The van der Waals surface area contributed by atoms with Crippen molar-refractivity contribution in [2.45, 2.75) is 6.42 Å². The average molecular weight is 591 g/mol. The van der Waals surface area contributed by atoms with Crippen molar-refractivity contribution in [2.75, 3.05) is 25.6 Å². The van der Waals surface area contributed by atoms with Crippen LogP contribution in [0.1, 0.15) is 27.1 Å². The Morgan fingerprint density at radius 1 is 0.829 bits per heavy atom. The Balaban J connectivity index is 0.00000387. The number of benzene rings is 5. The smallest absolute Gasteiger partial charge is 0.347 e. The van der Waals surface area contributed by atoms with E-state index < -0.39 is 11.9 Å². The summed E-state index contributed by atoms with van der Waals surface area (Å²) in [6.07, 6.45) is 0.642. The van der Waals surface area contributed by atoms with Crippen molar-refractivity contribution in [3.8, 4) is 17.2 Å². The number of esters is 1. The van der Waals surface area contributed by atoms with E-state index in [4.69, 9.17) is 31.5 Å². The first-order valence-electron chi connectivity index (χ1n) is 12.7. The normalized spacial score (nSPS) is 10.6. The number of amides is 1. The highest BCUT2D eigenvalue weighted by molar-refractivity contribution is 6.31. The maximum atomic E-state index is 13.5. The predicted molar refractivity (Wildman–Crippen MR) is 165 cm³/mol. The molecule has 0 fully saturated rings. The minimum atomic E-state index is -0.656. The number of fused-ring (bicyclic) bond motifs is 2. The number of hydrogen-bond donors (Lipinski definition) is 2. The largest absolute Gasteiger partial charge is 0.495 e. The van der Waals surface area contributed by atoms with Crippen molar-refractivity contribution in [1.82, 2.24) is 0 Å². The van der Waals surface area contributed by atoms with Gasteiger partial charge in [-0.25, -0.2) is 4.79 Å². The fraction of sp³-hybridized carbons (Fsp3) is 0.125. The van der Waals surface area contributed by atoms with E-state index in [0.717, 1.165) is 21.5 Å². The number of halogens is 2. The summed E-state index contributed by atoms with van der Waals surface area (Å²) in [5, 5.41) is 6.70. The summed E-state index contributed by atoms with van der Waals surface area (Å²) in [5.41, 5.74) is 6.46. The van der Waals surface area contributed by atoms with E-state index in [2.05, 4.69) is 5.32 Å². The van der Waals surface area contributed by atoms with E-state index in [-0.39, 0.29) is 29.4 Å². The van der Waals surface area contributed by atoms with Gasteiger partial charge in [0.2, 0.25) is 0 Å². The number of hydrogen-bond acceptors (Lipinski definition) is 6. The molecule has 0 aromatic heterocycles. The molecule has 3 N–H and O–H groups in total. The average Bonchev–Trinajstić information content (AvgIpc) is 2.97. The van der Waals surface area contributed by atoms with Gasteiger partial charge in [0.25, 0.3) is 5.91 Å². The zero-order valence-corrected chi connectivity index (χ0v) is 23.8. The number of methoxy groups -OCH3 is 1. The lowest BCUT2D eigenvalue weighted by Crippen LogP contribution is -2.17. The van der Waals surface area contributed by atoms with Crippen LogP contribution in [0.5, 0.6) is 17.2 Å². The third kappa shape index (κ3) is 6.55. The molecule has 0 saturated heterocycles. The molecule has 0 radical (unpaired) electrons. The molecule has 0 atom stereocenters. The van der Waals surface area contributed by atoms with Crippen LogP contribution in [-0.4, -0.2) is 32.1 Å². The summed E-state index contributed by atoms with van der Waals surface area (Å²) in [6, 6.07) is 27.0. The van der Waals surface area contributed by atoms with Crippen molar-refractivity contribution in [1.29, 1.82) is 0 Å². The molecule has 0 aliphatic rings. The topological polar surface area (TPSA) is 99.9 Å². The number of carbonyl (C=O) groups excluding carboxylic acids is 2. The molecule has 0 bridgehead atoms. The Morgan fingerprint density at radius 2 is 1.54 bits per heavy atom. The lowest BCUT2D eigenvalue weighted by Gasteiger charge is -2.16. The molecular weight excluding hydrogens is 563 g/mol. The van der Waals surface area contributed by atoms with Crippen LogP contribution in [0.2, 0.25) is 5.02 Å². The van der Waals surface area contributed by atoms with Crippen LogP contribution < -0.4 is 25.3 Å². The molecule has 5 aromatic carbocycles. The molecule has 0 unspecified atom stereocenters. The van der Waals surface area contributed by atoms with E-state index >= 15 is 0 Å². The first-order chi connectivity index (χ1) is 19.5. The van der Waals surface area contributed by atoms with Gasteiger partial charge >= 0.3 is 5.97 Å². The Kier molecular flexibility index (Phi) is 9.68. The Morgan fingerprint density at radius 3 is 2.27 bits per heavy atom. The molecule has 5 aromatic rings. The van der Waals surface area contributed by atoms with Gasteiger partial charge in [-0.15, -0.1) is 12.4 Å². The fourth-order valence-corrected chi connectivity index (χ4v) is 4.60. The van der Waals surface area contributed by atoms with Crippen LogP contribution in [-0.2, 0) is 0 Å². The van der Waals surface area contributed by atoms with Crippen molar-refractivity contribution in [3.63, 3.8) is 0 Å². The number of carbonyl (C=O) groups is 2. The minimum absolute atomic E-state index is 0.